The van der Waals surface area contributed by atoms with Crippen LogP contribution in [-0.4, -0.2) is 28.4 Å². The number of primary amides is 1. The zero-order valence-corrected chi connectivity index (χ0v) is 10.4. The minimum absolute atomic E-state index is 0.139. The highest BCUT2D eigenvalue weighted by atomic mass is 35.5. The second kappa shape index (κ2) is 5.47. The number of carbonyl (C=O) groups is 1. The van der Waals surface area contributed by atoms with Gasteiger partial charge in [-0.05, 0) is 31.0 Å². The summed E-state index contributed by atoms with van der Waals surface area (Å²) in [5, 5.41) is 0.485. The minimum atomic E-state index is -0.230. The predicted octanol–water partition coefficient (Wildman–Crippen LogP) is 1.57. The Morgan fingerprint density at radius 3 is 3.00 bits per heavy atom. The van der Waals surface area contributed by atoms with Crippen molar-refractivity contribution in [1.82, 2.24) is 9.88 Å². The lowest BCUT2D eigenvalue weighted by Crippen LogP contribution is -2.47. The van der Waals surface area contributed by atoms with Crippen molar-refractivity contribution < 1.29 is 4.79 Å². The van der Waals surface area contributed by atoms with Crippen LogP contribution >= 0.6 is 11.6 Å². The molecule has 1 aliphatic rings. The van der Waals surface area contributed by atoms with Crippen molar-refractivity contribution in [3.8, 4) is 0 Å². The van der Waals surface area contributed by atoms with Crippen LogP contribution in [0.1, 0.15) is 24.8 Å². The second-order valence-corrected chi connectivity index (χ2v) is 4.76. The minimum Gasteiger partial charge on any atom is -0.368 e. The van der Waals surface area contributed by atoms with E-state index in [1.165, 1.54) is 0 Å². The van der Waals surface area contributed by atoms with Crippen molar-refractivity contribution in [1.29, 1.82) is 0 Å². The fourth-order valence-corrected chi connectivity index (χ4v) is 2.35. The van der Waals surface area contributed by atoms with E-state index in [-0.39, 0.29) is 11.9 Å². The Morgan fingerprint density at radius 1 is 1.53 bits per heavy atom. The van der Waals surface area contributed by atoms with E-state index in [1.54, 1.807) is 12.3 Å². The van der Waals surface area contributed by atoms with E-state index >= 15 is 0 Å². The first-order valence-electron chi connectivity index (χ1n) is 5.80. The van der Waals surface area contributed by atoms with Gasteiger partial charge < -0.3 is 5.73 Å². The van der Waals surface area contributed by atoms with Crippen LogP contribution in [0.5, 0.6) is 0 Å². The molecule has 2 N–H and O–H groups in total. The Hall–Kier alpha value is -1.13. The summed E-state index contributed by atoms with van der Waals surface area (Å²) < 4.78 is 0. The van der Waals surface area contributed by atoms with Crippen LogP contribution in [0.4, 0.5) is 0 Å². The fourth-order valence-electron chi connectivity index (χ4n) is 2.24. The van der Waals surface area contributed by atoms with Gasteiger partial charge in [0.2, 0.25) is 5.91 Å². The van der Waals surface area contributed by atoms with Crippen LogP contribution < -0.4 is 5.73 Å². The molecule has 0 aromatic carbocycles. The fraction of sp³-hybridized carbons (Fsp3) is 0.500. The molecule has 0 radical (unpaired) electrons. The van der Waals surface area contributed by atoms with Crippen LogP contribution in [0.3, 0.4) is 0 Å². The number of aromatic nitrogens is 1. The zero-order chi connectivity index (χ0) is 12.3. The number of hydrogen-bond acceptors (Lipinski definition) is 3. The summed E-state index contributed by atoms with van der Waals surface area (Å²) >= 11 is 5.73. The number of pyridine rings is 1. The van der Waals surface area contributed by atoms with E-state index < -0.39 is 0 Å². The van der Waals surface area contributed by atoms with Crippen molar-refractivity contribution in [3.63, 3.8) is 0 Å². The number of piperidine rings is 1. The van der Waals surface area contributed by atoms with Gasteiger partial charge in [0.25, 0.3) is 0 Å². The summed E-state index contributed by atoms with van der Waals surface area (Å²) in [5.74, 6) is -0.230. The number of halogens is 1. The molecule has 17 heavy (non-hydrogen) atoms. The summed E-state index contributed by atoms with van der Waals surface area (Å²) in [6, 6.07) is 3.56. The lowest BCUT2D eigenvalue weighted by atomic mass is 10.0. The van der Waals surface area contributed by atoms with Crippen LogP contribution in [0.2, 0.25) is 5.15 Å². The number of carbonyl (C=O) groups excluding carboxylic acids is 1. The third kappa shape index (κ3) is 3.17. The highest BCUT2D eigenvalue weighted by molar-refractivity contribution is 6.29. The molecule has 4 nitrogen and oxygen atoms in total. The molecule has 0 bridgehead atoms. The van der Waals surface area contributed by atoms with Crippen molar-refractivity contribution in [2.45, 2.75) is 31.8 Å². The Morgan fingerprint density at radius 2 is 2.35 bits per heavy atom. The van der Waals surface area contributed by atoms with E-state index in [0.29, 0.717) is 11.7 Å². The average molecular weight is 254 g/mol. The number of amides is 1. The summed E-state index contributed by atoms with van der Waals surface area (Å²) in [6.07, 6.45) is 4.79. The van der Waals surface area contributed by atoms with Gasteiger partial charge in [-0.15, -0.1) is 0 Å². The Kier molecular flexibility index (Phi) is 3.97. The molecule has 1 aromatic rings. The van der Waals surface area contributed by atoms with Crippen molar-refractivity contribution in [3.05, 3.63) is 29.0 Å². The average Bonchev–Trinajstić information content (AvgIpc) is 2.32. The standard InChI is InChI=1S/C12H16ClN3O/c13-11-5-4-9(7-15-11)8-16-6-2-1-3-10(16)12(14)17/h4-5,7,10H,1-3,6,8H2,(H2,14,17). The van der Waals surface area contributed by atoms with Gasteiger partial charge >= 0.3 is 0 Å². The first-order chi connectivity index (χ1) is 8.16. The molecule has 92 valence electrons. The van der Waals surface area contributed by atoms with Crippen LogP contribution in [-0.2, 0) is 11.3 Å². The largest absolute Gasteiger partial charge is 0.368 e. The Labute approximate surface area is 106 Å². The monoisotopic (exact) mass is 253 g/mol. The van der Waals surface area contributed by atoms with Gasteiger partial charge in [-0.2, -0.15) is 0 Å². The zero-order valence-electron chi connectivity index (χ0n) is 9.60. The molecular weight excluding hydrogens is 238 g/mol. The summed E-state index contributed by atoms with van der Waals surface area (Å²) in [6.45, 7) is 1.62. The summed E-state index contributed by atoms with van der Waals surface area (Å²) in [7, 11) is 0. The summed E-state index contributed by atoms with van der Waals surface area (Å²) in [4.78, 5) is 17.5. The lowest BCUT2D eigenvalue weighted by molar-refractivity contribution is -0.124. The van der Waals surface area contributed by atoms with Crippen molar-refractivity contribution >= 4 is 17.5 Å². The molecule has 1 fully saturated rings. The topological polar surface area (TPSA) is 59.2 Å². The number of likely N-dealkylation sites (tertiary alicyclic amines) is 1. The highest BCUT2D eigenvalue weighted by Gasteiger charge is 2.26. The van der Waals surface area contributed by atoms with Gasteiger partial charge in [-0.25, -0.2) is 4.98 Å². The normalized spacial score (nSPS) is 21.4. The maximum absolute atomic E-state index is 11.4. The molecule has 2 rings (SSSR count). The molecule has 1 saturated heterocycles. The smallest absolute Gasteiger partial charge is 0.234 e. The summed E-state index contributed by atoms with van der Waals surface area (Å²) in [5.41, 5.74) is 6.48. The van der Waals surface area contributed by atoms with E-state index in [4.69, 9.17) is 17.3 Å². The molecule has 1 aliphatic heterocycles. The van der Waals surface area contributed by atoms with E-state index in [2.05, 4.69) is 9.88 Å². The van der Waals surface area contributed by atoms with Gasteiger partial charge in [0.15, 0.2) is 0 Å². The third-order valence-corrected chi connectivity index (χ3v) is 3.34. The van der Waals surface area contributed by atoms with Crippen molar-refractivity contribution in [2.75, 3.05) is 6.54 Å². The van der Waals surface area contributed by atoms with Crippen LogP contribution in [0.25, 0.3) is 0 Å². The van der Waals surface area contributed by atoms with Gasteiger partial charge in [0.05, 0.1) is 6.04 Å². The number of nitrogens with zero attached hydrogens (tertiary/aromatic N) is 2. The van der Waals surface area contributed by atoms with Gasteiger partial charge in [-0.3, -0.25) is 9.69 Å². The quantitative estimate of drug-likeness (QED) is 0.832. The second-order valence-electron chi connectivity index (χ2n) is 4.37. The maximum Gasteiger partial charge on any atom is 0.234 e. The van der Waals surface area contributed by atoms with Gasteiger partial charge in [0.1, 0.15) is 5.15 Å². The third-order valence-electron chi connectivity index (χ3n) is 3.12. The van der Waals surface area contributed by atoms with Crippen LogP contribution in [0, 0.1) is 0 Å². The van der Waals surface area contributed by atoms with E-state index in [0.717, 1.165) is 31.4 Å². The van der Waals surface area contributed by atoms with E-state index in [1.807, 2.05) is 6.07 Å². The number of hydrogen-bond donors (Lipinski definition) is 1. The Balaban J connectivity index is 2.05. The highest BCUT2D eigenvalue weighted by Crippen LogP contribution is 2.19. The molecule has 0 aliphatic carbocycles. The molecule has 1 atom stereocenters. The lowest BCUT2D eigenvalue weighted by Gasteiger charge is -2.33. The first kappa shape index (κ1) is 12.3. The van der Waals surface area contributed by atoms with Gasteiger partial charge in [0, 0.05) is 12.7 Å². The predicted molar refractivity (Wildman–Crippen MR) is 66.5 cm³/mol. The van der Waals surface area contributed by atoms with Crippen LogP contribution in [0.15, 0.2) is 18.3 Å². The van der Waals surface area contributed by atoms with E-state index in [9.17, 15) is 4.79 Å². The molecule has 1 aromatic heterocycles. The molecule has 1 amide bonds. The van der Waals surface area contributed by atoms with Gasteiger partial charge in [-0.1, -0.05) is 24.1 Å². The maximum atomic E-state index is 11.4. The number of nitrogens with two attached hydrogens (primary N) is 1. The molecule has 5 heteroatoms. The Bertz CT molecular complexity index is 393. The number of rotatable bonds is 3. The molecular formula is C12H16ClN3O. The molecule has 2 heterocycles. The SMILES string of the molecule is NC(=O)C1CCCCN1Cc1ccc(Cl)nc1. The molecule has 0 spiro atoms. The first-order valence-corrected chi connectivity index (χ1v) is 6.18. The van der Waals surface area contributed by atoms with Crippen molar-refractivity contribution in [2.24, 2.45) is 5.73 Å². The molecule has 1 unspecified atom stereocenters. The molecule has 0 saturated carbocycles.